The summed E-state index contributed by atoms with van der Waals surface area (Å²) in [5.74, 6) is 0.107. The lowest BCUT2D eigenvalue weighted by Crippen LogP contribution is -2.44. The Bertz CT molecular complexity index is 370. The van der Waals surface area contributed by atoms with E-state index in [4.69, 9.17) is 9.84 Å². The first-order valence-corrected chi connectivity index (χ1v) is 7.78. The van der Waals surface area contributed by atoms with E-state index in [1.54, 1.807) is 4.90 Å². The zero-order valence-corrected chi connectivity index (χ0v) is 11.3. The highest BCUT2D eigenvalue weighted by atomic mass is 32.2. The molecule has 8 heteroatoms. The molecule has 1 fully saturated rings. The Morgan fingerprint density at radius 2 is 2.28 bits per heavy atom. The summed E-state index contributed by atoms with van der Waals surface area (Å²) >= 11 is 0. The van der Waals surface area contributed by atoms with Crippen LogP contribution < -0.4 is 4.72 Å². The Labute approximate surface area is 107 Å². The van der Waals surface area contributed by atoms with Crippen molar-refractivity contribution in [2.45, 2.75) is 12.8 Å². The van der Waals surface area contributed by atoms with Gasteiger partial charge in [0.2, 0.25) is 10.0 Å². The molecule has 1 atom stereocenters. The Hall–Kier alpha value is -0.860. The molecule has 7 nitrogen and oxygen atoms in total. The number of amides is 1. The molecule has 1 heterocycles. The molecule has 2 N–H and O–H groups in total. The number of hydrogen-bond donors (Lipinski definition) is 2. The second kappa shape index (κ2) is 6.91. The van der Waals surface area contributed by atoms with E-state index >= 15 is 0 Å². The van der Waals surface area contributed by atoms with Crippen molar-refractivity contribution in [3.8, 4) is 0 Å². The van der Waals surface area contributed by atoms with E-state index in [9.17, 15) is 13.2 Å². The largest absolute Gasteiger partial charge is 0.447 e. The molecular weight excluding hydrogens is 260 g/mol. The van der Waals surface area contributed by atoms with Crippen molar-refractivity contribution in [3.63, 3.8) is 0 Å². The number of aliphatic hydroxyl groups excluding tert-OH is 1. The summed E-state index contributed by atoms with van der Waals surface area (Å²) in [6, 6.07) is 0. The molecule has 1 aliphatic heterocycles. The number of aliphatic hydroxyl groups is 1. The highest BCUT2D eigenvalue weighted by Crippen LogP contribution is 2.16. The summed E-state index contributed by atoms with van der Waals surface area (Å²) in [6.07, 6.45) is 2.37. The van der Waals surface area contributed by atoms with Gasteiger partial charge in [0.15, 0.2) is 0 Å². The lowest BCUT2D eigenvalue weighted by atomic mass is 9.99. The van der Waals surface area contributed by atoms with Crippen LogP contribution in [0.2, 0.25) is 0 Å². The number of rotatable bonds is 5. The number of nitrogens with one attached hydrogen (secondary N) is 1. The minimum atomic E-state index is -3.19. The molecule has 0 saturated carbocycles. The van der Waals surface area contributed by atoms with Gasteiger partial charge in [-0.15, -0.1) is 0 Å². The number of carbonyl (C=O) groups is 1. The van der Waals surface area contributed by atoms with Gasteiger partial charge >= 0.3 is 6.09 Å². The van der Waals surface area contributed by atoms with Crippen LogP contribution in [0.15, 0.2) is 0 Å². The summed E-state index contributed by atoms with van der Waals surface area (Å²) in [6.45, 7) is 1.22. The molecule has 1 aliphatic rings. The molecule has 1 amide bonds. The second-order valence-electron chi connectivity index (χ2n) is 4.41. The van der Waals surface area contributed by atoms with Gasteiger partial charge in [0.1, 0.15) is 6.61 Å². The number of piperidine rings is 1. The Balaban J connectivity index is 2.38. The molecule has 0 radical (unpaired) electrons. The number of sulfonamides is 1. The highest BCUT2D eigenvalue weighted by Gasteiger charge is 2.24. The monoisotopic (exact) mass is 280 g/mol. The SMILES string of the molecule is CS(=O)(=O)NCC1CCCN(C(=O)OCCO)C1. The normalized spacial score (nSPS) is 20.8. The minimum Gasteiger partial charge on any atom is -0.447 e. The van der Waals surface area contributed by atoms with Crippen LogP contribution in [0.5, 0.6) is 0 Å². The fourth-order valence-corrected chi connectivity index (χ4v) is 2.43. The fraction of sp³-hybridized carbons (Fsp3) is 0.900. The van der Waals surface area contributed by atoms with Crippen LogP contribution in [0, 0.1) is 5.92 Å². The summed E-state index contributed by atoms with van der Waals surface area (Å²) in [5.41, 5.74) is 0. The average Bonchev–Trinajstić information content (AvgIpc) is 2.33. The zero-order chi connectivity index (χ0) is 13.6. The maximum atomic E-state index is 11.6. The van der Waals surface area contributed by atoms with Gasteiger partial charge in [-0.2, -0.15) is 0 Å². The lowest BCUT2D eigenvalue weighted by Gasteiger charge is -2.31. The van der Waals surface area contributed by atoms with Crippen molar-refractivity contribution in [1.29, 1.82) is 0 Å². The lowest BCUT2D eigenvalue weighted by molar-refractivity contribution is 0.0706. The number of likely N-dealkylation sites (tertiary alicyclic amines) is 1. The van der Waals surface area contributed by atoms with Crippen LogP contribution in [0.25, 0.3) is 0 Å². The van der Waals surface area contributed by atoms with Gasteiger partial charge in [-0.25, -0.2) is 17.9 Å². The number of nitrogens with zero attached hydrogens (tertiary/aromatic N) is 1. The third-order valence-electron chi connectivity index (χ3n) is 2.73. The Morgan fingerprint density at radius 1 is 1.56 bits per heavy atom. The van der Waals surface area contributed by atoms with Gasteiger partial charge in [0.05, 0.1) is 12.9 Å². The number of ether oxygens (including phenoxy) is 1. The van der Waals surface area contributed by atoms with Gasteiger partial charge in [-0.3, -0.25) is 0 Å². The van der Waals surface area contributed by atoms with Gasteiger partial charge in [-0.05, 0) is 18.8 Å². The maximum absolute atomic E-state index is 11.6. The topological polar surface area (TPSA) is 95.9 Å². The van der Waals surface area contributed by atoms with Crippen LogP contribution in [0.1, 0.15) is 12.8 Å². The molecule has 0 bridgehead atoms. The van der Waals surface area contributed by atoms with Crippen molar-refractivity contribution in [2.75, 3.05) is 39.1 Å². The predicted octanol–water partition coefficient (Wildman–Crippen LogP) is -0.623. The fourth-order valence-electron chi connectivity index (χ4n) is 1.89. The average molecular weight is 280 g/mol. The van der Waals surface area contributed by atoms with Crippen LogP contribution >= 0.6 is 0 Å². The molecule has 1 unspecified atom stereocenters. The molecular formula is C10H20N2O5S. The van der Waals surface area contributed by atoms with E-state index in [1.165, 1.54) is 0 Å². The summed E-state index contributed by atoms with van der Waals surface area (Å²) in [5, 5.41) is 8.57. The Morgan fingerprint density at radius 3 is 2.89 bits per heavy atom. The first-order valence-electron chi connectivity index (χ1n) is 5.89. The molecule has 0 aromatic carbocycles. The summed E-state index contributed by atoms with van der Waals surface area (Å²) in [4.78, 5) is 13.1. The maximum Gasteiger partial charge on any atom is 0.409 e. The van der Waals surface area contributed by atoms with Crippen molar-refractivity contribution in [3.05, 3.63) is 0 Å². The van der Waals surface area contributed by atoms with E-state index in [0.717, 1.165) is 19.1 Å². The molecule has 0 aromatic rings. The molecule has 0 spiro atoms. The van der Waals surface area contributed by atoms with Crippen LogP contribution in [-0.4, -0.2) is 63.6 Å². The minimum absolute atomic E-state index is 0.0123. The van der Waals surface area contributed by atoms with Crippen molar-refractivity contribution < 1.29 is 23.1 Å². The van der Waals surface area contributed by atoms with Gasteiger partial charge in [0.25, 0.3) is 0 Å². The predicted molar refractivity (Wildman–Crippen MR) is 65.6 cm³/mol. The molecule has 18 heavy (non-hydrogen) atoms. The highest BCUT2D eigenvalue weighted by molar-refractivity contribution is 7.88. The van der Waals surface area contributed by atoms with Gasteiger partial charge < -0.3 is 14.7 Å². The van der Waals surface area contributed by atoms with Gasteiger partial charge in [-0.1, -0.05) is 0 Å². The first kappa shape index (κ1) is 15.2. The van der Waals surface area contributed by atoms with E-state index in [1.807, 2.05) is 0 Å². The van der Waals surface area contributed by atoms with Crippen molar-refractivity contribution in [2.24, 2.45) is 5.92 Å². The smallest absolute Gasteiger partial charge is 0.409 e. The second-order valence-corrected chi connectivity index (χ2v) is 6.25. The summed E-state index contributed by atoms with van der Waals surface area (Å²) < 4.78 is 29.2. The molecule has 106 valence electrons. The summed E-state index contributed by atoms with van der Waals surface area (Å²) in [7, 11) is -3.19. The molecule has 0 aliphatic carbocycles. The van der Waals surface area contributed by atoms with E-state index in [2.05, 4.69) is 4.72 Å². The number of hydrogen-bond acceptors (Lipinski definition) is 5. The van der Waals surface area contributed by atoms with Crippen molar-refractivity contribution >= 4 is 16.1 Å². The molecule has 1 saturated heterocycles. The quantitative estimate of drug-likeness (QED) is 0.699. The van der Waals surface area contributed by atoms with E-state index in [-0.39, 0.29) is 19.1 Å². The van der Waals surface area contributed by atoms with Crippen molar-refractivity contribution in [1.82, 2.24) is 9.62 Å². The van der Waals surface area contributed by atoms with E-state index < -0.39 is 16.1 Å². The Kier molecular flexibility index (Phi) is 5.83. The van der Waals surface area contributed by atoms with Crippen LogP contribution in [-0.2, 0) is 14.8 Å². The zero-order valence-electron chi connectivity index (χ0n) is 10.5. The number of carbonyl (C=O) groups excluding carboxylic acids is 1. The van der Waals surface area contributed by atoms with Gasteiger partial charge in [0, 0.05) is 19.6 Å². The van der Waals surface area contributed by atoms with Crippen LogP contribution in [0.4, 0.5) is 4.79 Å². The standard InChI is InChI=1S/C10H20N2O5S/c1-18(15,16)11-7-9-3-2-4-12(8-9)10(14)17-6-5-13/h9,11,13H,2-8H2,1H3. The third-order valence-corrected chi connectivity index (χ3v) is 3.42. The van der Waals surface area contributed by atoms with Crippen LogP contribution in [0.3, 0.4) is 0 Å². The molecule has 0 aromatic heterocycles. The van der Waals surface area contributed by atoms with E-state index in [0.29, 0.717) is 19.6 Å². The third kappa shape index (κ3) is 5.65. The first-order chi connectivity index (χ1) is 8.42. The molecule has 1 rings (SSSR count).